The standard InChI is InChI=1S/C24H18FN7O2/c1-14-4-7-16(8-5-14)32-10-2-3-17(24(32)34)23(33)30-15-6-9-19(18(25)11-15)31-22-20-21(27-12-26-20)28-13-29-22/h2-13H,1H3,(H,30,33)(H2,26,27,28,29,31). The van der Waals surface area contributed by atoms with E-state index in [2.05, 4.69) is 30.6 Å². The van der Waals surface area contributed by atoms with Gasteiger partial charge in [0.2, 0.25) is 0 Å². The number of aryl methyl sites for hydroxylation is 1. The number of nitrogens with one attached hydrogen (secondary N) is 3. The van der Waals surface area contributed by atoms with Crippen molar-refractivity contribution in [2.24, 2.45) is 0 Å². The highest BCUT2D eigenvalue weighted by Crippen LogP contribution is 2.25. The number of aromatic nitrogens is 5. The lowest BCUT2D eigenvalue weighted by molar-refractivity contribution is 0.102. The number of anilines is 3. The first-order valence-electron chi connectivity index (χ1n) is 10.3. The number of hydrogen-bond acceptors (Lipinski definition) is 6. The summed E-state index contributed by atoms with van der Waals surface area (Å²) in [5.74, 6) is -0.894. The van der Waals surface area contributed by atoms with Gasteiger partial charge in [-0.25, -0.2) is 19.3 Å². The minimum Gasteiger partial charge on any atom is -0.340 e. The van der Waals surface area contributed by atoms with Crippen LogP contribution in [0, 0.1) is 12.7 Å². The van der Waals surface area contributed by atoms with Crippen molar-refractivity contribution in [3.05, 3.63) is 101 Å². The SMILES string of the molecule is Cc1ccc(-n2cccc(C(=O)Nc3ccc(Nc4ncnc5nc[nH]c45)c(F)c3)c2=O)cc1. The van der Waals surface area contributed by atoms with E-state index in [1.807, 2.05) is 19.1 Å². The molecule has 1 amide bonds. The normalized spacial score (nSPS) is 10.9. The molecule has 9 nitrogen and oxygen atoms in total. The fourth-order valence-corrected chi connectivity index (χ4v) is 3.46. The Balaban J connectivity index is 1.37. The van der Waals surface area contributed by atoms with Crippen LogP contribution in [0.25, 0.3) is 16.9 Å². The van der Waals surface area contributed by atoms with E-state index < -0.39 is 17.3 Å². The lowest BCUT2D eigenvalue weighted by atomic mass is 10.2. The molecule has 2 aromatic carbocycles. The van der Waals surface area contributed by atoms with Gasteiger partial charge in [-0.2, -0.15) is 0 Å². The zero-order chi connectivity index (χ0) is 23.7. The van der Waals surface area contributed by atoms with Crippen molar-refractivity contribution in [3.63, 3.8) is 0 Å². The Bertz CT molecular complexity index is 1570. The maximum Gasteiger partial charge on any atom is 0.267 e. The molecule has 0 bridgehead atoms. The highest BCUT2D eigenvalue weighted by Gasteiger charge is 2.15. The number of carbonyl (C=O) groups is 1. The number of amides is 1. The van der Waals surface area contributed by atoms with Gasteiger partial charge in [-0.3, -0.25) is 14.2 Å². The molecule has 3 aromatic heterocycles. The molecule has 3 heterocycles. The van der Waals surface area contributed by atoms with E-state index in [9.17, 15) is 14.0 Å². The largest absolute Gasteiger partial charge is 0.340 e. The molecular formula is C24H18FN7O2. The number of carbonyl (C=O) groups excluding carboxylic acids is 1. The fraction of sp³-hybridized carbons (Fsp3) is 0.0417. The Labute approximate surface area is 192 Å². The van der Waals surface area contributed by atoms with Crippen LogP contribution in [0.15, 0.2) is 78.2 Å². The lowest BCUT2D eigenvalue weighted by Crippen LogP contribution is -2.27. The number of benzene rings is 2. The average Bonchev–Trinajstić information content (AvgIpc) is 3.31. The lowest BCUT2D eigenvalue weighted by Gasteiger charge is -2.11. The Kier molecular flexibility index (Phi) is 5.30. The molecule has 5 rings (SSSR count). The van der Waals surface area contributed by atoms with Crippen molar-refractivity contribution in [3.8, 4) is 5.69 Å². The molecule has 0 spiro atoms. The molecular weight excluding hydrogens is 437 g/mol. The number of aromatic amines is 1. The third kappa shape index (κ3) is 3.99. The second-order valence-corrected chi connectivity index (χ2v) is 7.53. The van der Waals surface area contributed by atoms with Gasteiger partial charge in [-0.15, -0.1) is 0 Å². The van der Waals surface area contributed by atoms with Gasteiger partial charge < -0.3 is 15.6 Å². The highest BCUT2D eigenvalue weighted by molar-refractivity contribution is 6.04. The van der Waals surface area contributed by atoms with E-state index in [1.165, 1.54) is 35.4 Å². The topological polar surface area (TPSA) is 118 Å². The molecule has 10 heteroatoms. The fourth-order valence-electron chi connectivity index (χ4n) is 3.46. The van der Waals surface area contributed by atoms with Gasteiger partial charge in [0.25, 0.3) is 11.5 Å². The summed E-state index contributed by atoms with van der Waals surface area (Å²) < 4.78 is 16.2. The molecule has 0 fully saturated rings. The number of imidazole rings is 1. The smallest absolute Gasteiger partial charge is 0.267 e. The summed E-state index contributed by atoms with van der Waals surface area (Å²) in [5, 5.41) is 5.47. The number of halogens is 1. The Hall–Kier alpha value is -4.86. The maximum absolute atomic E-state index is 14.8. The molecule has 0 aliphatic heterocycles. The quantitative estimate of drug-likeness (QED) is 0.369. The van der Waals surface area contributed by atoms with Gasteiger partial charge in [0.05, 0.1) is 12.0 Å². The zero-order valence-electron chi connectivity index (χ0n) is 17.9. The summed E-state index contributed by atoms with van der Waals surface area (Å²) >= 11 is 0. The minimum absolute atomic E-state index is 0.0618. The van der Waals surface area contributed by atoms with Gasteiger partial charge in [0.15, 0.2) is 11.5 Å². The van der Waals surface area contributed by atoms with Crippen molar-refractivity contribution >= 4 is 34.3 Å². The molecule has 168 valence electrons. The van der Waals surface area contributed by atoms with Gasteiger partial charge in [0.1, 0.15) is 23.2 Å². The summed E-state index contributed by atoms with van der Waals surface area (Å²) in [6.45, 7) is 1.95. The average molecular weight is 455 g/mol. The number of nitrogens with zero attached hydrogens (tertiary/aromatic N) is 4. The molecule has 0 saturated heterocycles. The predicted octanol–water partition coefficient (Wildman–Crippen LogP) is 3.95. The van der Waals surface area contributed by atoms with Crippen LogP contribution < -0.4 is 16.2 Å². The van der Waals surface area contributed by atoms with Crippen molar-refractivity contribution in [1.29, 1.82) is 0 Å². The van der Waals surface area contributed by atoms with Gasteiger partial charge in [-0.05, 0) is 49.4 Å². The molecule has 0 radical (unpaired) electrons. The molecule has 0 aliphatic carbocycles. The summed E-state index contributed by atoms with van der Waals surface area (Å²) in [6, 6.07) is 14.6. The first-order valence-corrected chi connectivity index (χ1v) is 10.3. The van der Waals surface area contributed by atoms with E-state index in [4.69, 9.17) is 0 Å². The van der Waals surface area contributed by atoms with E-state index in [0.717, 1.165) is 11.6 Å². The van der Waals surface area contributed by atoms with Gasteiger partial charge in [0, 0.05) is 17.6 Å². The van der Waals surface area contributed by atoms with Crippen molar-refractivity contribution in [1.82, 2.24) is 24.5 Å². The van der Waals surface area contributed by atoms with Crippen LogP contribution in [0.4, 0.5) is 21.6 Å². The third-order valence-corrected chi connectivity index (χ3v) is 5.21. The van der Waals surface area contributed by atoms with E-state index in [0.29, 0.717) is 22.7 Å². The second kappa shape index (κ2) is 8.58. The number of H-pyrrole nitrogens is 1. The molecule has 0 atom stereocenters. The Morgan fingerprint density at radius 1 is 1.06 bits per heavy atom. The van der Waals surface area contributed by atoms with E-state index in [-0.39, 0.29) is 16.9 Å². The Morgan fingerprint density at radius 2 is 1.88 bits per heavy atom. The second-order valence-electron chi connectivity index (χ2n) is 7.53. The van der Waals surface area contributed by atoms with Crippen LogP contribution >= 0.6 is 0 Å². The van der Waals surface area contributed by atoms with Crippen LogP contribution in [0.5, 0.6) is 0 Å². The number of pyridine rings is 1. The van der Waals surface area contributed by atoms with E-state index >= 15 is 0 Å². The van der Waals surface area contributed by atoms with Crippen LogP contribution in [0.1, 0.15) is 15.9 Å². The van der Waals surface area contributed by atoms with Crippen LogP contribution in [0.2, 0.25) is 0 Å². The summed E-state index contributed by atoms with van der Waals surface area (Å²) in [7, 11) is 0. The maximum atomic E-state index is 14.8. The monoisotopic (exact) mass is 455 g/mol. The number of hydrogen-bond donors (Lipinski definition) is 3. The first kappa shape index (κ1) is 21.0. The van der Waals surface area contributed by atoms with E-state index in [1.54, 1.807) is 24.4 Å². The molecule has 0 unspecified atom stereocenters. The summed E-state index contributed by atoms with van der Waals surface area (Å²) in [4.78, 5) is 40.7. The summed E-state index contributed by atoms with van der Waals surface area (Å²) in [5.41, 5.74) is 2.49. The van der Waals surface area contributed by atoms with Crippen LogP contribution in [0.3, 0.4) is 0 Å². The number of fused-ring (bicyclic) bond motifs is 1. The molecule has 0 aliphatic rings. The minimum atomic E-state index is -0.637. The molecule has 3 N–H and O–H groups in total. The predicted molar refractivity (Wildman–Crippen MR) is 126 cm³/mol. The molecule has 5 aromatic rings. The van der Waals surface area contributed by atoms with Crippen LogP contribution in [-0.4, -0.2) is 30.4 Å². The third-order valence-electron chi connectivity index (χ3n) is 5.21. The molecule has 0 saturated carbocycles. The first-order chi connectivity index (χ1) is 16.5. The van der Waals surface area contributed by atoms with Crippen molar-refractivity contribution in [2.45, 2.75) is 6.92 Å². The Morgan fingerprint density at radius 3 is 2.68 bits per heavy atom. The van der Waals surface area contributed by atoms with Crippen LogP contribution in [-0.2, 0) is 0 Å². The number of rotatable bonds is 5. The molecule has 34 heavy (non-hydrogen) atoms. The zero-order valence-corrected chi connectivity index (χ0v) is 17.9. The summed E-state index contributed by atoms with van der Waals surface area (Å²) in [6.07, 6.45) is 4.38. The van der Waals surface area contributed by atoms with Gasteiger partial charge in [-0.1, -0.05) is 17.7 Å². The van der Waals surface area contributed by atoms with Crippen molar-refractivity contribution in [2.75, 3.05) is 10.6 Å². The van der Waals surface area contributed by atoms with Crippen molar-refractivity contribution < 1.29 is 9.18 Å². The highest BCUT2D eigenvalue weighted by atomic mass is 19.1. The van der Waals surface area contributed by atoms with Gasteiger partial charge >= 0.3 is 0 Å².